The average Bonchev–Trinajstić information content (AvgIpc) is 3.21. The molecule has 2 aliphatic rings. The molecule has 4 nitrogen and oxygen atoms in total. The van der Waals surface area contributed by atoms with Crippen LogP contribution in [0.15, 0.2) is 48.5 Å². The molecule has 2 aromatic rings. The number of ether oxygens (including phenoxy) is 2. The number of hydrogen-bond acceptors (Lipinski definition) is 3. The second kappa shape index (κ2) is 7.38. The minimum atomic E-state index is -0.141. The zero-order valence-corrected chi connectivity index (χ0v) is 14.3. The first-order valence-electron chi connectivity index (χ1n) is 8.99. The summed E-state index contributed by atoms with van der Waals surface area (Å²) in [5.41, 5.74) is 1.07. The minimum absolute atomic E-state index is 0.0654. The number of hydrogen-bond donors (Lipinski definition) is 0. The molecule has 130 valence electrons. The minimum Gasteiger partial charge on any atom is -0.350 e. The van der Waals surface area contributed by atoms with Crippen LogP contribution in [0.1, 0.15) is 18.4 Å². The number of carbonyl (C=O) groups is 1. The summed E-state index contributed by atoms with van der Waals surface area (Å²) in [6.45, 7) is 2.84. The fraction of sp³-hybridized carbons (Fsp3) is 0.381. The standard InChI is InChI=1S/C21H23NO3/c23-20(22-12-4-8-18(15-22)21-24-13-14-25-21)11-10-17-7-3-6-16-5-1-2-9-19(16)17/h1-3,5-7,9-11,18,21H,4,8,12-15H2/b11-10+. The van der Waals surface area contributed by atoms with Crippen LogP contribution in [0.25, 0.3) is 16.8 Å². The fourth-order valence-electron chi connectivity index (χ4n) is 3.74. The van der Waals surface area contributed by atoms with E-state index in [4.69, 9.17) is 9.47 Å². The highest BCUT2D eigenvalue weighted by atomic mass is 16.7. The van der Waals surface area contributed by atoms with Crippen molar-refractivity contribution in [2.45, 2.75) is 19.1 Å². The summed E-state index contributed by atoms with van der Waals surface area (Å²) in [6.07, 6.45) is 5.54. The molecule has 2 fully saturated rings. The number of likely N-dealkylation sites (tertiary alicyclic amines) is 1. The van der Waals surface area contributed by atoms with Gasteiger partial charge in [-0.2, -0.15) is 0 Å². The number of carbonyl (C=O) groups excluding carboxylic acids is 1. The van der Waals surface area contributed by atoms with E-state index in [1.807, 2.05) is 35.2 Å². The molecule has 2 saturated heterocycles. The number of fused-ring (bicyclic) bond motifs is 1. The van der Waals surface area contributed by atoms with Crippen molar-refractivity contribution in [3.05, 3.63) is 54.1 Å². The summed E-state index contributed by atoms with van der Waals surface area (Å²) in [5, 5.41) is 2.35. The third-order valence-corrected chi connectivity index (χ3v) is 5.03. The SMILES string of the molecule is O=C(/C=C/c1cccc2ccccc12)N1CCCC(C2OCCO2)C1. The van der Waals surface area contributed by atoms with Crippen molar-refractivity contribution in [3.8, 4) is 0 Å². The molecule has 4 rings (SSSR count). The van der Waals surface area contributed by atoms with E-state index >= 15 is 0 Å². The highest BCUT2D eigenvalue weighted by molar-refractivity contribution is 5.96. The number of amides is 1. The Hall–Kier alpha value is -2.17. The van der Waals surface area contributed by atoms with Crippen molar-refractivity contribution in [2.24, 2.45) is 5.92 Å². The molecule has 25 heavy (non-hydrogen) atoms. The summed E-state index contributed by atoms with van der Waals surface area (Å²) in [7, 11) is 0. The predicted octanol–water partition coefficient (Wildman–Crippen LogP) is 3.46. The van der Waals surface area contributed by atoms with Crippen LogP contribution in [0.2, 0.25) is 0 Å². The second-order valence-electron chi connectivity index (χ2n) is 6.70. The van der Waals surface area contributed by atoms with Gasteiger partial charge in [-0.1, -0.05) is 42.5 Å². The first-order chi connectivity index (χ1) is 12.3. The lowest BCUT2D eigenvalue weighted by Gasteiger charge is -2.34. The van der Waals surface area contributed by atoms with Gasteiger partial charge in [-0.15, -0.1) is 0 Å². The van der Waals surface area contributed by atoms with E-state index in [-0.39, 0.29) is 18.1 Å². The first kappa shape index (κ1) is 16.3. The van der Waals surface area contributed by atoms with Crippen LogP contribution in [0.5, 0.6) is 0 Å². The quantitative estimate of drug-likeness (QED) is 0.805. The Balaban J connectivity index is 1.46. The van der Waals surface area contributed by atoms with Crippen molar-refractivity contribution < 1.29 is 14.3 Å². The third kappa shape index (κ3) is 3.60. The number of rotatable bonds is 3. The first-order valence-corrected chi connectivity index (χ1v) is 8.99. The van der Waals surface area contributed by atoms with Gasteiger partial charge in [0.2, 0.25) is 5.91 Å². The van der Waals surface area contributed by atoms with Crippen molar-refractivity contribution in [1.82, 2.24) is 4.90 Å². The highest BCUT2D eigenvalue weighted by Crippen LogP contribution is 2.25. The molecule has 2 aromatic carbocycles. The van der Waals surface area contributed by atoms with Gasteiger partial charge in [0.05, 0.1) is 13.2 Å². The Morgan fingerprint density at radius 3 is 2.76 bits per heavy atom. The van der Waals surface area contributed by atoms with Gasteiger partial charge in [0.1, 0.15) is 0 Å². The van der Waals surface area contributed by atoms with Crippen molar-refractivity contribution >= 4 is 22.8 Å². The van der Waals surface area contributed by atoms with Gasteiger partial charge in [0.15, 0.2) is 6.29 Å². The summed E-state index contributed by atoms with van der Waals surface area (Å²) in [5.74, 6) is 0.349. The predicted molar refractivity (Wildman–Crippen MR) is 98.0 cm³/mol. The number of piperidine rings is 1. The maximum absolute atomic E-state index is 12.6. The van der Waals surface area contributed by atoms with E-state index in [0.717, 1.165) is 24.9 Å². The van der Waals surface area contributed by atoms with E-state index in [2.05, 4.69) is 18.2 Å². The molecule has 1 unspecified atom stereocenters. The van der Waals surface area contributed by atoms with Crippen LogP contribution < -0.4 is 0 Å². The molecular weight excluding hydrogens is 314 g/mol. The Morgan fingerprint density at radius 1 is 1.08 bits per heavy atom. The van der Waals surface area contributed by atoms with Gasteiger partial charge in [0, 0.05) is 25.1 Å². The zero-order chi connectivity index (χ0) is 17.1. The Bertz CT molecular complexity index is 774. The summed E-state index contributed by atoms with van der Waals surface area (Å²) in [4.78, 5) is 14.5. The van der Waals surface area contributed by atoms with Gasteiger partial charge < -0.3 is 14.4 Å². The monoisotopic (exact) mass is 337 g/mol. The fourth-order valence-corrected chi connectivity index (χ4v) is 3.74. The average molecular weight is 337 g/mol. The van der Waals surface area contributed by atoms with E-state index in [0.29, 0.717) is 19.8 Å². The maximum atomic E-state index is 12.6. The Kier molecular flexibility index (Phi) is 4.81. The lowest BCUT2D eigenvalue weighted by Crippen LogP contribution is -2.43. The van der Waals surface area contributed by atoms with Gasteiger partial charge in [-0.3, -0.25) is 4.79 Å². The summed E-state index contributed by atoms with van der Waals surface area (Å²) < 4.78 is 11.2. The molecule has 1 amide bonds. The lowest BCUT2D eigenvalue weighted by atomic mass is 9.97. The highest BCUT2D eigenvalue weighted by Gasteiger charge is 2.32. The van der Waals surface area contributed by atoms with Crippen molar-refractivity contribution in [2.75, 3.05) is 26.3 Å². The second-order valence-corrected chi connectivity index (χ2v) is 6.70. The maximum Gasteiger partial charge on any atom is 0.246 e. The van der Waals surface area contributed by atoms with Gasteiger partial charge in [-0.05, 0) is 35.3 Å². The molecule has 0 aliphatic carbocycles. The molecule has 0 aromatic heterocycles. The van der Waals surface area contributed by atoms with Crippen LogP contribution in [-0.4, -0.2) is 43.4 Å². The molecule has 2 aliphatic heterocycles. The van der Waals surface area contributed by atoms with Gasteiger partial charge >= 0.3 is 0 Å². The van der Waals surface area contributed by atoms with E-state index in [9.17, 15) is 4.79 Å². The number of benzene rings is 2. The number of nitrogens with zero attached hydrogens (tertiary/aromatic N) is 1. The van der Waals surface area contributed by atoms with Crippen LogP contribution in [0, 0.1) is 5.92 Å². The molecule has 1 atom stereocenters. The van der Waals surface area contributed by atoms with Crippen LogP contribution in [0.4, 0.5) is 0 Å². The van der Waals surface area contributed by atoms with Gasteiger partial charge in [0.25, 0.3) is 0 Å². The molecule has 0 saturated carbocycles. The lowest BCUT2D eigenvalue weighted by molar-refractivity contribution is -0.134. The summed E-state index contributed by atoms with van der Waals surface area (Å²) >= 11 is 0. The molecular formula is C21H23NO3. The molecule has 0 bridgehead atoms. The van der Waals surface area contributed by atoms with E-state index in [1.54, 1.807) is 6.08 Å². The zero-order valence-electron chi connectivity index (χ0n) is 14.3. The normalized spacial score (nSPS) is 22.1. The third-order valence-electron chi connectivity index (χ3n) is 5.03. The van der Waals surface area contributed by atoms with Crippen molar-refractivity contribution in [1.29, 1.82) is 0 Å². The molecule has 0 radical (unpaired) electrons. The largest absolute Gasteiger partial charge is 0.350 e. The van der Waals surface area contributed by atoms with Crippen LogP contribution in [0.3, 0.4) is 0 Å². The van der Waals surface area contributed by atoms with E-state index in [1.165, 1.54) is 10.8 Å². The molecule has 2 heterocycles. The summed E-state index contributed by atoms with van der Waals surface area (Å²) in [6, 6.07) is 14.4. The molecule has 0 N–H and O–H groups in total. The molecule has 4 heteroatoms. The topological polar surface area (TPSA) is 38.8 Å². The molecule has 0 spiro atoms. The van der Waals surface area contributed by atoms with Crippen LogP contribution in [-0.2, 0) is 14.3 Å². The van der Waals surface area contributed by atoms with Crippen molar-refractivity contribution in [3.63, 3.8) is 0 Å². The van der Waals surface area contributed by atoms with E-state index < -0.39 is 0 Å². The Morgan fingerprint density at radius 2 is 1.88 bits per heavy atom. The Labute approximate surface area is 148 Å². The van der Waals surface area contributed by atoms with Crippen LogP contribution >= 0.6 is 0 Å². The van der Waals surface area contributed by atoms with Gasteiger partial charge in [-0.25, -0.2) is 0 Å². The smallest absolute Gasteiger partial charge is 0.246 e.